The first kappa shape index (κ1) is 22.5. The van der Waals surface area contributed by atoms with Crippen molar-refractivity contribution in [2.45, 2.75) is 50.6 Å². The number of aromatic nitrogens is 3. The minimum absolute atomic E-state index is 0.0411. The molecule has 0 radical (unpaired) electrons. The van der Waals surface area contributed by atoms with Crippen LogP contribution in [-0.4, -0.2) is 70.3 Å². The van der Waals surface area contributed by atoms with Crippen molar-refractivity contribution in [1.29, 1.82) is 0 Å². The van der Waals surface area contributed by atoms with E-state index >= 15 is 0 Å². The molecule has 2 saturated heterocycles. The van der Waals surface area contributed by atoms with Gasteiger partial charge in [0.2, 0.25) is 0 Å². The van der Waals surface area contributed by atoms with Crippen molar-refractivity contribution < 1.29 is 0 Å². The van der Waals surface area contributed by atoms with Crippen molar-refractivity contribution in [1.82, 2.24) is 24.4 Å². The summed E-state index contributed by atoms with van der Waals surface area (Å²) in [5, 5.41) is 1.19. The monoisotopic (exact) mass is 473 g/mol. The lowest BCUT2D eigenvalue weighted by Crippen LogP contribution is -2.47. The number of aryl methyl sites for hydroxylation is 1. The van der Waals surface area contributed by atoms with Gasteiger partial charge in [0.1, 0.15) is 11.6 Å². The van der Waals surface area contributed by atoms with Crippen LogP contribution in [-0.2, 0) is 12.8 Å². The molecule has 2 fully saturated rings. The topological polar surface area (TPSA) is 83.5 Å². The third-order valence-electron chi connectivity index (χ3n) is 8.31. The molecule has 0 saturated carbocycles. The Morgan fingerprint density at radius 1 is 1.00 bits per heavy atom. The van der Waals surface area contributed by atoms with E-state index in [2.05, 4.69) is 52.1 Å². The van der Waals surface area contributed by atoms with Crippen molar-refractivity contribution >= 4 is 16.7 Å². The molecule has 3 aliphatic heterocycles. The largest absolute Gasteiger partial charge is 0.354 e. The van der Waals surface area contributed by atoms with Crippen LogP contribution in [0.5, 0.6) is 0 Å². The van der Waals surface area contributed by atoms with Gasteiger partial charge in [0, 0.05) is 56.5 Å². The molecular formula is C27H35N7O. The summed E-state index contributed by atoms with van der Waals surface area (Å²) in [6, 6.07) is 13.3. The summed E-state index contributed by atoms with van der Waals surface area (Å²) in [7, 11) is 2.12. The van der Waals surface area contributed by atoms with E-state index in [1.165, 1.54) is 10.1 Å². The van der Waals surface area contributed by atoms with Crippen LogP contribution in [0.3, 0.4) is 0 Å². The summed E-state index contributed by atoms with van der Waals surface area (Å²) in [5.41, 5.74) is 2.85. The molecule has 184 valence electrons. The normalized spacial score (nSPS) is 22.6. The van der Waals surface area contributed by atoms with E-state index in [-0.39, 0.29) is 11.6 Å². The highest BCUT2D eigenvalue weighted by Crippen LogP contribution is 2.40. The lowest BCUT2D eigenvalue weighted by Gasteiger charge is -2.35. The van der Waals surface area contributed by atoms with Crippen LogP contribution in [0, 0.1) is 0 Å². The second-order valence-corrected chi connectivity index (χ2v) is 10.3. The molecule has 8 heteroatoms. The number of fused-ring (bicyclic) bond motifs is 5. The number of nitrogen functional groups attached to an aromatic ring is 1. The standard InChI is InChI=1S/C27H35N7O/c1-31-20-10-11-23(31)26-22(18-20)30-25(34(28)27(26)35)8-4-5-13-32-14-16-33(17-15-32)24-12-9-19-6-2-3-7-21(19)29-24/h2-3,6-7,9,12,20,23H,4-5,8,10-11,13-18,28H2,1H3. The summed E-state index contributed by atoms with van der Waals surface area (Å²) in [4.78, 5) is 30.0. The number of para-hydroxylation sites is 1. The Labute approximate surface area is 206 Å². The van der Waals surface area contributed by atoms with Crippen LogP contribution < -0.4 is 16.3 Å². The number of hydrogen-bond acceptors (Lipinski definition) is 7. The molecule has 3 aliphatic rings. The molecule has 2 unspecified atom stereocenters. The van der Waals surface area contributed by atoms with Crippen molar-refractivity contribution in [2.24, 2.45) is 0 Å². The van der Waals surface area contributed by atoms with Crippen LogP contribution >= 0.6 is 0 Å². The van der Waals surface area contributed by atoms with E-state index in [1.54, 1.807) is 0 Å². The van der Waals surface area contributed by atoms with Crippen LogP contribution in [0.25, 0.3) is 10.9 Å². The quantitative estimate of drug-likeness (QED) is 0.435. The number of nitrogens with two attached hydrogens (primary N) is 1. The lowest BCUT2D eigenvalue weighted by molar-refractivity contribution is 0.219. The van der Waals surface area contributed by atoms with Gasteiger partial charge >= 0.3 is 0 Å². The van der Waals surface area contributed by atoms with Crippen molar-refractivity contribution in [3.8, 4) is 0 Å². The van der Waals surface area contributed by atoms with E-state index in [9.17, 15) is 4.79 Å². The lowest BCUT2D eigenvalue weighted by atomic mass is 9.99. The molecule has 5 heterocycles. The Morgan fingerprint density at radius 2 is 1.83 bits per heavy atom. The second-order valence-electron chi connectivity index (χ2n) is 10.3. The maximum absolute atomic E-state index is 13.0. The van der Waals surface area contributed by atoms with Crippen molar-refractivity contribution in [2.75, 3.05) is 50.5 Å². The van der Waals surface area contributed by atoms with Gasteiger partial charge in [0.05, 0.1) is 16.8 Å². The number of likely N-dealkylation sites (N-methyl/N-ethyl adjacent to an activating group) is 1. The molecule has 2 N–H and O–H groups in total. The number of pyridine rings is 1. The zero-order valence-electron chi connectivity index (χ0n) is 20.6. The maximum Gasteiger partial charge on any atom is 0.276 e. The molecular weight excluding hydrogens is 438 g/mol. The third-order valence-corrected chi connectivity index (χ3v) is 8.31. The Kier molecular flexibility index (Phi) is 5.94. The summed E-state index contributed by atoms with van der Waals surface area (Å²) >= 11 is 0. The molecule has 2 atom stereocenters. The average molecular weight is 474 g/mol. The molecule has 2 aromatic heterocycles. The fourth-order valence-electron chi connectivity index (χ4n) is 6.19. The fraction of sp³-hybridized carbons (Fsp3) is 0.519. The van der Waals surface area contributed by atoms with Gasteiger partial charge in [-0.2, -0.15) is 0 Å². The molecule has 3 aromatic rings. The molecule has 6 rings (SSSR count). The van der Waals surface area contributed by atoms with Crippen molar-refractivity contribution in [3.63, 3.8) is 0 Å². The van der Waals surface area contributed by atoms with Crippen LogP contribution in [0.15, 0.2) is 41.2 Å². The number of nitrogens with zero attached hydrogens (tertiary/aromatic N) is 6. The first-order chi connectivity index (χ1) is 17.1. The zero-order chi connectivity index (χ0) is 23.9. The van der Waals surface area contributed by atoms with Gasteiger partial charge < -0.3 is 10.7 Å². The van der Waals surface area contributed by atoms with Gasteiger partial charge in [-0.05, 0) is 57.5 Å². The summed E-state index contributed by atoms with van der Waals surface area (Å²) < 4.78 is 1.32. The fourth-order valence-corrected chi connectivity index (χ4v) is 6.19. The van der Waals surface area contributed by atoms with E-state index in [4.69, 9.17) is 15.8 Å². The highest BCUT2D eigenvalue weighted by molar-refractivity contribution is 5.80. The van der Waals surface area contributed by atoms with Crippen molar-refractivity contribution in [3.05, 3.63) is 63.8 Å². The van der Waals surface area contributed by atoms with E-state index in [1.807, 2.05) is 6.07 Å². The summed E-state index contributed by atoms with van der Waals surface area (Å²) in [6.45, 7) is 5.15. The van der Waals surface area contributed by atoms with Crippen LogP contribution in [0.4, 0.5) is 5.82 Å². The maximum atomic E-state index is 13.0. The number of unbranched alkanes of at least 4 members (excludes halogenated alkanes) is 1. The Bertz CT molecular complexity index is 1280. The molecule has 0 amide bonds. The number of rotatable bonds is 6. The van der Waals surface area contributed by atoms with Gasteiger partial charge in [0.15, 0.2) is 0 Å². The van der Waals surface area contributed by atoms with Crippen LogP contribution in [0.2, 0.25) is 0 Å². The molecule has 8 nitrogen and oxygen atoms in total. The Balaban J connectivity index is 1.01. The smallest absolute Gasteiger partial charge is 0.276 e. The first-order valence-electron chi connectivity index (χ1n) is 13.0. The predicted molar refractivity (Wildman–Crippen MR) is 139 cm³/mol. The SMILES string of the molecule is CN1C2CCC1c1c(nc(CCCCN3CCN(c4ccc5ccccc5n4)CC3)n(N)c1=O)C2. The van der Waals surface area contributed by atoms with E-state index in [0.717, 1.165) is 99.7 Å². The van der Waals surface area contributed by atoms with E-state index < -0.39 is 0 Å². The highest BCUT2D eigenvalue weighted by atomic mass is 16.1. The molecule has 1 aromatic carbocycles. The highest BCUT2D eigenvalue weighted by Gasteiger charge is 2.40. The summed E-state index contributed by atoms with van der Waals surface area (Å²) in [6.07, 6.45) is 5.87. The van der Waals surface area contributed by atoms with Gasteiger partial charge in [-0.3, -0.25) is 14.6 Å². The summed E-state index contributed by atoms with van der Waals surface area (Å²) in [5.74, 6) is 8.03. The second kappa shape index (κ2) is 9.24. The molecule has 0 aliphatic carbocycles. The molecule has 35 heavy (non-hydrogen) atoms. The number of benzene rings is 1. The zero-order valence-corrected chi connectivity index (χ0v) is 20.6. The molecule has 2 bridgehead atoms. The third kappa shape index (κ3) is 4.19. The van der Waals surface area contributed by atoms with Gasteiger partial charge in [-0.1, -0.05) is 18.2 Å². The molecule has 0 spiro atoms. The number of anilines is 1. The van der Waals surface area contributed by atoms with Gasteiger partial charge in [-0.15, -0.1) is 0 Å². The van der Waals surface area contributed by atoms with Crippen LogP contribution in [0.1, 0.15) is 48.8 Å². The number of piperazine rings is 1. The Hall–Kier alpha value is -2.97. The minimum atomic E-state index is -0.0411. The Morgan fingerprint density at radius 3 is 2.69 bits per heavy atom. The first-order valence-corrected chi connectivity index (χ1v) is 13.0. The van der Waals surface area contributed by atoms with Gasteiger partial charge in [-0.25, -0.2) is 14.6 Å². The van der Waals surface area contributed by atoms with E-state index in [0.29, 0.717) is 6.04 Å². The average Bonchev–Trinajstić information content (AvgIpc) is 3.12. The predicted octanol–water partition coefficient (Wildman–Crippen LogP) is 2.34. The minimum Gasteiger partial charge on any atom is -0.354 e. The number of hydrogen-bond donors (Lipinski definition) is 1. The van der Waals surface area contributed by atoms with Gasteiger partial charge in [0.25, 0.3) is 5.56 Å².